The monoisotopic (exact) mass is 572 g/mol. The number of piperazine rings is 1. The summed E-state index contributed by atoms with van der Waals surface area (Å²) in [6.45, 7) is 5.07. The van der Waals surface area contributed by atoms with Gasteiger partial charge in [-0.1, -0.05) is 18.2 Å². The lowest BCUT2D eigenvalue weighted by atomic mass is 9.91. The molecule has 1 amide bonds. The molecule has 2 aliphatic rings. The van der Waals surface area contributed by atoms with E-state index >= 15 is 0 Å². The zero-order valence-electron chi connectivity index (χ0n) is 23.8. The summed E-state index contributed by atoms with van der Waals surface area (Å²) >= 11 is 0. The van der Waals surface area contributed by atoms with E-state index < -0.39 is 5.92 Å². The molecule has 2 aliphatic heterocycles. The smallest absolute Gasteiger partial charge is 0.258 e. The Bertz CT molecular complexity index is 1540. The van der Waals surface area contributed by atoms with Crippen molar-refractivity contribution in [3.05, 3.63) is 83.2 Å². The highest BCUT2D eigenvalue weighted by atomic mass is 19.1. The van der Waals surface area contributed by atoms with Crippen molar-refractivity contribution >= 4 is 34.0 Å². The van der Waals surface area contributed by atoms with Crippen LogP contribution in [0.4, 0.5) is 21.6 Å². The molecule has 3 heterocycles. The number of aliphatic hydroxyl groups is 1. The molecule has 0 spiro atoms. The highest BCUT2D eigenvalue weighted by molar-refractivity contribution is 6.11. The van der Waals surface area contributed by atoms with Crippen LogP contribution in [0.25, 0.3) is 10.9 Å². The molecule has 1 aromatic heterocycles. The summed E-state index contributed by atoms with van der Waals surface area (Å²) in [5.41, 5.74) is 4.65. The molecule has 42 heavy (non-hydrogen) atoms. The molecule has 0 aliphatic carbocycles. The standard InChI is InChI=1S/C32H37FN6O3/c1-38-11-13-39(14-12-38)25-6-7-26(30(19-25)34-24-9-15-42-16-10-24)32(41)35-31-27-18-22(5-8-29(27)36-37-31)28(20-40)21-3-2-4-23(33)17-21/h2-8,17-19,24,28,34,40H,9-16,20H2,1H3,(H2,35,36,37,41). The number of aromatic amines is 1. The molecule has 3 aromatic carbocycles. The highest BCUT2D eigenvalue weighted by Gasteiger charge is 2.22. The highest BCUT2D eigenvalue weighted by Crippen LogP contribution is 2.31. The molecule has 1 atom stereocenters. The van der Waals surface area contributed by atoms with E-state index in [1.165, 1.54) is 12.1 Å². The molecule has 6 rings (SSSR count). The molecule has 2 saturated heterocycles. The number of aliphatic hydroxyl groups excluding tert-OH is 1. The number of ether oxygens (including phenoxy) is 1. The summed E-state index contributed by atoms with van der Waals surface area (Å²) in [6.07, 6.45) is 1.76. The van der Waals surface area contributed by atoms with Gasteiger partial charge < -0.3 is 30.3 Å². The summed E-state index contributed by atoms with van der Waals surface area (Å²) in [6, 6.07) is 18.1. The second kappa shape index (κ2) is 12.5. The zero-order chi connectivity index (χ0) is 29.1. The number of carbonyl (C=O) groups excluding carboxylic acids is 1. The van der Waals surface area contributed by atoms with Crippen LogP contribution in [0.3, 0.4) is 0 Å². The second-order valence-electron chi connectivity index (χ2n) is 11.2. The lowest BCUT2D eigenvalue weighted by molar-refractivity contribution is 0.0904. The molecule has 9 nitrogen and oxygen atoms in total. The van der Waals surface area contributed by atoms with Gasteiger partial charge in [0.05, 0.1) is 17.7 Å². The predicted molar refractivity (Wildman–Crippen MR) is 163 cm³/mol. The fourth-order valence-corrected chi connectivity index (χ4v) is 5.82. The maximum Gasteiger partial charge on any atom is 0.258 e. The number of hydrogen-bond donors (Lipinski definition) is 4. The topological polar surface area (TPSA) is 106 Å². The number of halogens is 1. The average molecular weight is 573 g/mol. The summed E-state index contributed by atoms with van der Waals surface area (Å²) in [5.74, 6) is -0.641. The van der Waals surface area contributed by atoms with Crippen LogP contribution in [-0.2, 0) is 4.74 Å². The SMILES string of the molecule is CN1CCN(c2ccc(C(=O)Nc3n[nH]c4ccc(C(CO)c5cccc(F)c5)cc34)c(NC3CCOCC3)c2)CC1. The number of anilines is 3. The molecular formula is C32H37FN6O3. The van der Waals surface area contributed by atoms with Gasteiger partial charge in [-0.3, -0.25) is 9.89 Å². The first-order valence-corrected chi connectivity index (χ1v) is 14.6. The van der Waals surface area contributed by atoms with Gasteiger partial charge in [0, 0.05) is 68.1 Å². The third-order valence-electron chi connectivity index (χ3n) is 8.35. The van der Waals surface area contributed by atoms with Crippen LogP contribution >= 0.6 is 0 Å². The normalized spacial score (nSPS) is 17.4. The van der Waals surface area contributed by atoms with E-state index in [4.69, 9.17) is 4.74 Å². The minimum atomic E-state index is -0.416. The Morgan fingerprint density at radius 1 is 1.07 bits per heavy atom. The number of benzene rings is 3. The van der Waals surface area contributed by atoms with Crippen LogP contribution < -0.4 is 15.5 Å². The van der Waals surface area contributed by atoms with Gasteiger partial charge in [-0.2, -0.15) is 5.10 Å². The fraction of sp³-hybridized carbons (Fsp3) is 0.375. The Labute approximate surface area is 244 Å². The summed E-state index contributed by atoms with van der Waals surface area (Å²) < 4.78 is 19.5. The molecule has 0 bridgehead atoms. The van der Waals surface area contributed by atoms with Gasteiger partial charge in [0.1, 0.15) is 5.82 Å². The van der Waals surface area contributed by atoms with Crippen molar-refractivity contribution < 1.29 is 19.0 Å². The zero-order valence-corrected chi connectivity index (χ0v) is 23.8. The van der Waals surface area contributed by atoms with E-state index in [0.717, 1.165) is 61.5 Å². The lowest BCUT2D eigenvalue weighted by Gasteiger charge is -2.34. The van der Waals surface area contributed by atoms with E-state index in [2.05, 4.69) is 43.7 Å². The molecule has 1 unspecified atom stereocenters. The number of aromatic nitrogens is 2. The molecular weight excluding hydrogens is 535 g/mol. The Kier molecular flexibility index (Phi) is 8.36. The van der Waals surface area contributed by atoms with Crippen LogP contribution in [-0.4, -0.2) is 85.2 Å². The number of amides is 1. The van der Waals surface area contributed by atoms with Crippen molar-refractivity contribution in [2.75, 3.05) is 68.6 Å². The maximum absolute atomic E-state index is 13.9. The first kappa shape index (κ1) is 28.1. The van der Waals surface area contributed by atoms with Crippen LogP contribution in [0.15, 0.2) is 60.7 Å². The van der Waals surface area contributed by atoms with Crippen molar-refractivity contribution in [2.24, 2.45) is 0 Å². The number of hydrogen-bond acceptors (Lipinski definition) is 7. The molecule has 10 heteroatoms. The largest absolute Gasteiger partial charge is 0.395 e. The van der Waals surface area contributed by atoms with E-state index in [1.54, 1.807) is 12.1 Å². The molecule has 0 saturated carbocycles. The Morgan fingerprint density at radius 3 is 2.62 bits per heavy atom. The minimum Gasteiger partial charge on any atom is -0.395 e. The number of fused-ring (bicyclic) bond motifs is 1. The molecule has 4 N–H and O–H groups in total. The van der Waals surface area contributed by atoms with Gasteiger partial charge in [-0.05, 0) is 73.5 Å². The van der Waals surface area contributed by atoms with Crippen molar-refractivity contribution in [1.82, 2.24) is 15.1 Å². The van der Waals surface area contributed by atoms with E-state index in [9.17, 15) is 14.3 Å². The van der Waals surface area contributed by atoms with E-state index in [1.807, 2.05) is 30.3 Å². The number of nitrogens with one attached hydrogen (secondary N) is 3. The lowest BCUT2D eigenvalue weighted by Crippen LogP contribution is -2.44. The maximum atomic E-state index is 13.9. The molecule has 2 fully saturated rings. The second-order valence-corrected chi connectivity index (χ2v) is 11.2. The van der Waals surface area contributed by atoms with Crippen LogP contribution in [0.2, 0.25) is 0 Å². The van der Waals surface area contributed by atoms with Gasteiger partial charge in [0.15, 0.2) is 5.82 Å². The fourth-order valence-electron chi connectivity index (χ4n) is 5.82. The van der Waals surface area contributed by atoms with Gasteiger partial charge in [-0.25, -0.2) is 4.39 Å². The van der Waals surface area contributed by atoms with E-state index in [0.29, 0.717) is 35.5 Å². The molecule has 0 radical (unpaired) electrons. The Hall–Kier alpha value is -3.99. The van der Waals surface area contributed by atoms with Crippen LogP contribution in [0.5, 0.6) is 0 Å². The number of nitrogens with zero attached hydrogens (tertiary/aromatic N) is 3. The summed E-state index contributed by atoms with van der Waals surface area (Å²) in [5, 5.41) is 24.9. The first-order valence-electron chi connectivity index (χ1n) is 14.6. The Balaban J connectivity index is 1.28. The van der Waals surface area contributed by atoms with Gasteiger partial charge >= 0.3 is 0 Å². The third-order valence-corrected chi connectivity index (χ3v) is 8.35. The van der Waals surface area contributed by atoms with Crippen molar-refractivity contribution in [3.8, 4) is 0 Å². The number of carbonyl (C=O) groups is 1. The van der Waals surface area contributed by atoms with Crippen molar-refractivity contribution in [1.29, 1.82) is 0 Å². The number of H-pyrrole nitrogens is 1. The van der Waals surface area contributed by atoms with Crippen molar-refractivity contribution in [2.45, 2.75) is 24.8 Å². The number of rotatable bonds is 8. The molecule has 4 aromatic rings. The average Bonchev–Trinajstić information content (AvgIpc) is 3.40. The first-order chi connectivity index (χ1) is 20.5. The van der Waals surface area contributed by atoms with Gasteiger partial charge in [0.25, 0.3) is 5.91 Å². The van der Waals surface area contributed by atoms with E-state index in [-0.39, 0.29) is 24.4 Å². The summed E-state index contributed by atoms with van der Waals surface area (Å²) in [4.78, 5) is 18.4. The predicted octanol–water partition coefficient (Wildman–Crippen LogP) is 4.42. The quantitative estimate of drug-likeness (QED) is 0.248. The van der Waals surface area contributed by atoms with Crippen LogP contribution in [0.1, 0.15) is 40.2 Å². The van der Waals surface area contributed by atoms with Gasteiger partial charge in [0.2, 0.25) is 0 Å². The Morgan fingerprint density at radius 2 is 1.86 bits per heavy atom. The minimum absolute atomic E-state index is 0.185. The van der Waals surface area contributed by atoms with Crippen LogP contribution in [0, 0.1) is 5.82 Å². The van der Waals surface area contributed by atoms with Crippen molar-refractivity contribution in [3.63, 3.8) is 0 Å². The molecule has 220 valence electrons. The van der Waals surface area contributed by atoms with Gasteiger partial charge in [-0.15, -0.1) is 0 Å². The third kappa shape index (κ3) is 6.11. The number of likely N-dealkylation sites (N-methyl/N-ethyl adjacent to an activating group) is 1. The summed E-state index contributed by atoms with van der Waals surface area (Å²) in [7, 11) is 2.13.